The van der Waals surface area contributed by atoms with Crippen molar-refractivity contribution >= 4 is 40.2 Å². The number of thiazole rings is 1. The Balaban J connectivity index is 1.31. The standard InChI is InChI=1S/C23H23N3O3S2/c1-15-20(17-6-4-3-5-7-17)24-22(30-15)26(2)12-13-29-18-10-8-16(9-11-18)14-19-21(27)25-23(28)31-19/h3-11,14,23,28H,12-13H2,1-2H3,(H,25,27)/b19-14+. The van der Waals surface area contributed by atoms with E-state index in [4.69, 9.17) is 9.72 Å². The number of hydrogen-bond acceptors (Lipinski definition) is 7. The molecule has 1 aliphatic heterocycles. The van der Waals surface area contributed by atoms with E-state index in [1.807, 2.05) is 49.5 Å². The highest BCUT2D eigenvalue weighted by Gasteiger charge is 2.24. The van der Waals surface area contributed by atoms with Crippen LogP contribution < -0.4 is 15.0 Å². The number of aliphatic hydroxyl groups is 1. The van der Waals surface area contributed by atoms with Crippen LogP contribution in [0.1, 0.15) is 10.4 Å². The van der Waals surface area contributed by atoms with Gasteiger partial charge >= 0.3 is 0 Å². The van der Waals surface area contributed by atoms with Crippen LogP contribution in [0.2, 0.25) is 0 Å². The number of aromatic nitrogens is 1. The van der Waals surface area contributed by atoms with Crippen molar-refractivity contribution in [1.29, 1.82) is 0 Å². The van der Waals surface area contributed by atoms with Crippen molar-refractivity contribution < 1.29 is 14.6 Å². The van der Waals surface area contributed by atoms with Crippen molar-refractivity contribution in [2.75, 3.05) is 25.1 Å². The average Bonchev–Trinajstić information content (AvgIpc) is 3.31. The highest BCUT2D eigenvalue weighted by Crippen LogP contribution is 2.32. The number of thioether (sulfide) groups is 1. The van der Waals surface area contributed by atoms with Crippen molar-refractivity contribution in [3.63, 3.8) is 0 Å². The molecule has 8 heteroatoms. The number of nitrogens with zero attached hydrogens (tertiary/aromatic N) is 2. The number of ether oxygens (including phenoxy) is 1. The van der Waals surface area contributed by atoms with Gasteiger partial charge in [0.15, 0.2) is 10.7 Å². The Morgan fingerprint density at radius 3 is 2.61 bits per heavy atom. The van der Waals surface area contributed by atoms with Crippen LogP contribution in [0.3, 0.4) is 0 Å². The third kappa shape index (κ3) is 5.28. The Morgan fingerprint density at radius 2 is 1.94 bits per heavy atom. The Hall–Kier alpha value is -2.81. The second-order valence-corrected chi connectivity index (χ2v) is 9.36. The van der Waals surface area contributed by atoms with Gasteiger partial charge in [-0.25, -0.2) is 4.98 Å². The van der Waals surface area contributed by atoms with E-state index in [9.17, 15) is 9.90 Å². The molecule has 1 saturated heterocycles. The number of aryl methyl sites for hydroxylation is 1. The molecule has 1 fully saturated rings. The molecule has 6 nitrogen and oxygen atoms in total. The lowest BCUT2D eigenvalue weighted by atomic mass is 10.1. The average molecular weight is 454 g/mol. The zero-order valence-corrected chi connectivity index (χ0v) is 18.9. The highest BCUT2D eigenvalue weighted by atomic mass is 32.2. The normalized spacial score (nSPS) is 17.1. The van der Waals surface area contributed by atoms with Gasteiger partial charge in [-0.2, -0.15) is 0 Å². The maximum Gasteiger partial charge on any atom is 0.260 e. The van der Waals surface area contributed by atoms with Crippen LogP contribution in [0.4, 0.5) is 5.13 Å². The minimum atomic E-state index is -0.872. The molecule has 4 rings (SSSR count). The maximum atomic E-state index is 11.7. The summed E-state index contributed by atoms with van der Waals surface area (Å²) in [7, 11) is 2.02. The van der Waals surface area contributed by atoms with Crippen LogP contribution in [-0.2, 0) is 4.79 Å². The molecule has 0 radical (unpaired) electrons. The first-order valence-corrected chi connectivity index (χ1v) is 11.5. The number of aliphatic hydroxyl groups excluding tert-OH is 1. The summed E-state index contributed by atoms with van der Waals surface area (Å²) in [6, 6.07) is 17.7. The second-order valence-electron chi connectivity index (χ2n) is 7.06. The number of carbonyl (C=O) groups is 1. The first-order chi connectivity index (χ1) is 15.0. The number of likely N-dealkylation sites (N-methyl/N-ethyl adjacent to an activating group) is 1. The number of anilines is 1. The summed E-state index contributed by atoms with van der Waals surface area (Å²) in [5, 5.41) is 12.9. The first-order valence-electron chi connectivity index (χ1n) is 9.84. The van der Waals surface area contributed by atoms with E-state index in [1.54, 1.807) is 17.4 Å². The molecule has 1 atom stereocenters. The number of rotatable bonds is 7. The minimum Gasteiger partial charge on any atom is -0.492 e. The van der Waals surface area contributed by atoms with Crippen LogP contribution in [0, 0.1) is 6.92 Å². The molecule has 2 heterocycles. The Morgan fingerprint density at radius 1 is 1.19 bits per heavy atom. The molecule has 160 valence electrons. The molecular weight excluding hydrogens is 430 g/mol. The van der Waals surface area contributed by atoms with E-state index < -0.39 is 5.56 Å². The molecule has 2 aromatic carbocycles. The predicted octanol–water partition coefficient (Wildman–Crippen LogP) is 4.11. The summed E-state index contributed by atoms with van der Waals surface area (Å²) >= 11 is 2.78. The van der Waals surface area contributed by atoms with Crippen molar-refractivity contribution in [1.82, 2.24) is 10.3 Å². The Bertz CT molecular complexity index is 1080. The van der Waals surface area contributed by atoms with Crippen LogP contribution in [-0.4, -0.2) is 41.8 Å². The van der Waals surface area contributed by atoms with Crippen molar-refractivity contribution in [3.8, 4) is 17.0 Å². The molecule has 1 amide bonds. The molecule has 0 saturated carbocycles. The van der Waals surface area contributed by atoms with E-state index in [0.717, 1.165) is 39.5 Å². The topological polar surface area (TPSA) is 74.7 Å². The molecule has 0 bridgehead atoms. The van der Waals surface area contributed by atoms with Gasteiger partial charge in [-0.15, -0.1) is 11.3 Å². The van der Waals surface area contributed by atoms with E-state index in [2.05, 4.69) is 29.3 Å². The second kappa shape index (κ2) is 9.55. The van der Waals surface area contributed by atoms with E-state index in [0.29, 0.717) is 18.1 Å². The third-order valence-corrected chi connectivity index (χ3v) is 6.73. The number of carbonyl (C=O) groups excluding carboxylic acids is 1. The molecule has 0 spiro atoms. The summed E-state index contributed by atoms with van der Waals surface area (Å²) in [4.78, 5) is 20.3. The van der Waals surface area contributed by atoms with Crippen LogP contribution in [0.15, 0.2) is 59.5 Å². The van der Waals surface area contributed by atoms with Gasteiger partial charge in [0.2, 0.25) is 0 Å². The van der Waals surface area contributed by atoms with Gasteiger partial charge in [0, 0.05) is 17.5 Å². The third-order valence-electron chi connectivity index (χ3n) is 4.75. The number of amides is 1. The quantitative estimate of drug-likeness (QED) is 0.525. The summed E-state index contributed by atoms with van der Waals surface area (Å²) in [6.07, 6.45) is 1.75. The van der Waals surface area contributed by atoms with Gasteiger partial charge in [-0.3, -0.25) is 4.79 Å². The van der Waals surface area contributed by atoms with E-state index in [-0.39, 0.29) is 5.91 Å². The zero-order valence-electron chi connectivity index (χ0n) is 17.2. The molecule has 31 heavy (non-hydrogen) atoms. The van der Waals surface area contributed by atoms with Gasteiger partial charge in [-0.05, 0) is 30.7 Å². The van der Waals surface area contributed by atoms with Gasteiger partial charge < -0.3 is 20.1 Å². The molecule has 0 aliphatic carbocycles. The summed E-state index contributed by atoms with van der Waals surface area (Å²) in [5.41, 5.74) is 2.16. The predicted molar refractivity (Wildman–Crippen MR) is 127 cm³/mol. The smallest absolute Gasteiger partial charge is 0.260 e. The summed E-state index contributed by atoms with van der Waals surface area (Å²) in [6.45, 7) is 3.33. The zero-order chi connectivity index (χ0) is 21.8. The monoisotopic (exact) mass is 453 g/mol. The number of hydrogen-bond donors (Lipinski definition) is 2. The largest absolute Gasteiger partial charge is 0.492 e. The van der Waals surface area contributed by atoms with Gasteiger partial charge in [0.25, 0.3) is 5.91 Å². The maximum absolute atomic E-state index is 11.7. The molecular formula is C23H23N3O3S2. The minimum absolute atomic E-state index is 0.256. The van der Waals surface area contributed by atoms with Gasteiger partial charge in [-0.1, -0.05) is 54.2 Å². The highest BCUT2D eigenvalue weighted by molar-refractivity contribution is 8.05. The van der Waals surface area contributed by atoms with Gasteiger partial charge in [0.05, 0.1) is 17.1 Å². The van der Waals surface area contributed by atoms with Crippen molar-refractivity contribution in [2.24, 2.45) is 0 Å². The number of benzene rings is 2. The van der Waals surface area contributed by atoms with Gasteiger partial charge in [0.1, 0.15) is 12.4 Å². The fourth-order valence-electron chi connectivity index (χ4n) is 3.10. The first kappa shape index (κ1) is 21.4. The van der Waals surface area contributed by atoms with Crippen LogP contribution in [0.5, 0.6) is 5.75 Å². The lowest BCUT2D eigenvalue weighted by Crippen LogP contribution is -2.23. The lowest BCUT2D eigenvalue weighted by molar-refractivity contribution is -0.117. The Labute approximate surface area is 189 Å². The number of nitrogens with one attached hydrogen (secondary N) is 1. The fraction of sp³-hybridized carbons (Fsp3) is 0.217. The lowest BCUT2D eigenvalue weighted by Gasteiger charge is -2.16. The Kier molecular flexibility index (Phi) is 6.60. The summed E-state index contributed by atoms with van der Waals surface area (Å²) < 4.78 is 5.87. The van der Waals surface area contributed by atoms with Crippen molar-refractivity contribution in [2.45, 2.75) is 12.5 Å². The van der Waals surface area contributed by atoms with E-state index >= 15 is 0 Å². The molecule has 1 aliphatic rings. The molecule has 1 unspecified atom stereocenters. The van der Waals surface area contributed by atoms with Crippen LogP contribution >= 0.6 is 23.1 Å². The van der Waals surface area contributed by atoms with Crippen molar-refractivity contribution in [3.05, 3.63) is 69.9 Å². The fourth-order valence-corrected chi connectivity index (χ4v) is 4.80. The van der Waals surface area contributed by atoms with Crippen LogP contribution in [0.25, 0.3) is 17.3 Å². The summed E-state index contributed by atoms with van der Waals surface area (Å²) in [5.74, 6) is 0.508. The molecule has 1 aromatic heterocycles. The van der Waals surface area contributed by atoms with E-state index in [1.165, 1.54) is 4.88 Å². The SMILES string of the molecule is Cc1sc(N(C)CCOc2ccc(/C=C3/SC(O)NC3=O)cc2)nc1-c1ccccc1. The molecule has 3 aromatic rings. The molecule has 2 N–H and O–H groups in total.